The lowest BCUT2D eigenvalue weighted by Gasteiger charge is -2.23. The molecule has 0 fully saturated rings. The van der Waals surface area contributed by atoms with Crippen molar-refractivity contribution in [2.75, 3.05) is 13.2 Å². The number of amides is 2. The lowest BCUT2D eigenvalue weighted by molar-refractivity contribution is 0.230. The van der Waals surface area contributed by atoms with Crippen LogP contribution in [-0.2, 0) is 0 Å². The van der Waals surface area contributed by atoms with Gasteiger partial charge in [-0.3, -0.25) is 4.98 Å². The van der Waals surface area contributed by atoms with Gasteiger partial charge in [-0.1, -0.05) is 19.9 Å². The van der Waals surface area contributed by atoms with E-state index in [0.717, 1.165) is 11.3 Å². The number of aliphatic hydroxyl groups excluding tert-OH is 1. The van der Waals surface area contributed by atoms with Crippen molar-refractivity contribution in [2.24, 2.45) is 5.92 Å². The van der Waals surface area contributed by atoms with E-state index in [-0.39, 0.29) is 24.6 Å². The van der Waals surface area contributed by atoms with Gasteiger partial charge >= 0.3 is 6.03 Å². The first-order valence-corrected chi connectivity index (χ1v) is 6.63. The standard InChI is InChI=1S/C14H23N3O2/c1-10(2)12(13-11(3)6-4-7-15-13)17-14(19)16-8-5-9-18/h4,6-7,10,12,18H,5,8-9H2,1-3H3,(H2,16,17,19). The molecule has 1 rings (SSSR count). The number of nitrogens with one attached hydrogen (secondary N) is 2. The topological polar surface area (TPSA) is 74.2 Å². The van der Waals surface area contributed by atoms with Crippen molar-refractivity contribution in [1.29, 1.82) is 0 Å². The first kappa shape index (κ1) is 15.4. The van der Waals surface area contributed by atoms with E-state index in [1.54, 1.807) is 6.20 Å². The molecule has 0 aromatic carbocycles. The van der Waals surface area contributed by atoms with Crippen molar-refractivity contribution in [2.45, 2.75) is 33.2 Å². The second-order valence-corrected chi connectivity index (χ2v) is 4.90. The van der Waals surface area contributed by atoms with E-state index in [9.17, 15) is 4.79 Å². The zero-order valence-corrected chi connectivity index (χ0v) is 11.8. The molecule has 5 nitrogen and oxygen atoms in total. The quantitative estimate of drug-likeness (QED) is 0.686. The van der Waals surface area contributed by atoms with Crippen LogP contribution in [0.4, 0.5) is 4.79 Å². The van der Waals surface area contributed by atoms with Gasteiger partial charge in [0.05, 0.1) is 11.7 Å². The van der Waals surface area contributed by atoms with Crippen LogP contribution < -0.4 is 10.6 Å². The fourth-order valence-corrected chi connectivity index (χ4v) is 1.85. The molecule has 0 radical (unpaired) electrons. The summed E-state index contributed by atoms with van der Waals surface area (Å²) in [7, 11) is 0. The number of aryl methyl sites for hydroxylation is 1. The highest BCUT2D eigenvalue weighted by molar-refractivity contribution is 5.74. The van der Waals surface area contributed by atoms with Crippen LogP contribution in [0.2, 0.25) is 0 Å². The number of carbonyl (C=O) groups excluding carboxylic acids is 1. The van der Waals surface area contributed by atoms with E-state index < -0.39 is 0 Å². The van der Waals surface area contributed by atoms with Crippen LogP contribution >= 0.6 is 0 Å². The Labute approximate surface area is 114 Å². The third-order valence-electron chi connectivity index (χ3n) is 2.92. The highest BCUT2D eigenvalue weighted by atomic mass is 16.3. The summed E-state index contributed by atoms with van der Waals surface area (Å²) < 4.78 is 0. The number of aromatic nitrogens is 1. The summed E-state index contributed by atoms with van der Waals surface area (Å²) in [6.07, 6.45) is 2.30. The lowest BCUT2D eigenvalue weighted by atomic mass is 9.97. The van der Waals surface area contributed by atoms with Crippen LogP contribution in [-0.4, -0.2) is 29.3 Å². The van der Waals surface area contributed by atoms with Gasteiger partial charge in [-0.05, 0) is 30.9 Å². The van der Waals surface area contributed by atoms with E-state index in [0.29, 0.717) is 13.0 Å². The van der Waals surface area contributed by atoms with Crippen LogP contribution in [0, 0.1) is 12.8 Å². The largest absolute Gasteiger partial charge is 0.396 e. The fourth-order valence-electron chi connectivity index (χ4n) is 1.85. The number of hydrogen-bond acceptors (Lipinski definition) is 3. The first-order chi connectivity index (χ1) is 9.06. The summed E-state index contributed by atoms with van der Waals surface area (Å²) in [6, 6.07) is 3.54. The molecule has 106 valence electrons. The van der Waals surface area contributed by atoms with Crippen molar-refractivity contribution in [3.63, 3.8) is 0 Å². The summed E-state index contributed by atoms with van der Waals surface area (Å²) in [5.74, 6) is 0.247. The maximum Gasteiger partial charge on any atom is 0.315 e. The Balaban J connectivity index is 2.69. The average molecular weight is 265 g/mol. The molecule has 0 spiro atoms. The number of urea groups is 1. The Hall–Kier alpha value is -1.62. The van der Waals surface area contributed by atoms with Crippen LogP contribution in [0.3, 0.4) is 0 Å². The summed E-state index contributed by atoms with van der Waals surface area (Å²) in [5.41, 5.74) is 1.96. The van der Waals surface area contributed by atoms with Gasteiger partial charge in [0.2, 0.25) is 0 Å². The molecule has 5 heteroatoms. The number of nitrogens with zero attached hydrogens (tertiary/aromatic N) is 1. The van der Waals surface area contributed by atoms with Crippen LogP contribution in [0.15, 0.2) is 18.3 Å². The highest BCUT2D eigenvalue weighted by Crippen LogP contribution is 2.22. The molecule has 3 N–H and O–H groups in total. The van der Waals surface area contributed by atoms with E-state index in [1.165, 1.54) is 0 Å². The molecule has 1 unspecified atom stereocenters. The molecule has 0 saturated carbocycles. The Bertz CT molecular complexity index is 407. The molecule has 1 atom stereocenters. The molecular formula is C14H23N3O2. The van der Waals surface area contributed by atoms with Crippen LogP contribution in [0.25, 0.3) is 0 Å². The van der Waals surface area contributed by atoms with Crippen molar-refractivity contribution in [1.82, 2.24) is 15.6 Å². The van der Waals surface area contributed by atoms with Gasteiger partial charge in [0.15, 0.2) is 0 Å². The molecule has 0 bridgehead atoms. The Morgan fingerprint density at radius 1 is 1.47 bits per heavy atom. The number of hydrogen-bond donors (Lipinski definition) is 3. The molecule has 19 heavy (non-hydrogen) atoms. The van der Waals surface area contributed by atoms with Gasteiger partial charge < -0.3 is 15.7 Å². The monoisotopic (exact) mass is 265 g/mol. The molecule has 0 aliphatic rings. The van der Waals surface area contributed by atoms with Crippen molar-refractivity contribution in [3.05, 3.63) is 29.6 Å². The van der Waals surface area contributed by atoms with Crippen molar-refractivity contribution >= 4 is 6.03 Å². The van der Waals surface area contributed by atoms with Gasteiger partial charge in [0, 0.05) is 19.3 Å². The number of rotatable bonds is 6. The Kier molecular flexibility index (Phi) is 6.29. The van der Waals surface area contributed by atoms with E-state index >= 15 is 0 Å². The Morgan fingerprint density at radius 3 is 2.79 bits per heavy atom. The third kappa shape index (κ3) is 4.87. The smallest absolute Gasteiger partial charge is 0.315 e. The highest BCUT2D eigenvalue weighted by Gasteiger charge is 2.20. The predicted molar refractivity (Wildman–Crippen MR) is 74.8 cm³/mol. The molecule has 0 saturated heterocycles. The lowest BCUT2D eigenvalue weighted by Crippen LogP contribution is -2.40. The Morgan fingerprint density at radius 2 is 2.21 bits per heavy atom. The minimum absolute atomic E-state index is 0.0766. The molecule has 1 heterocycles. The summed E-state index contributed by atoms with van der Waals surface area (Å²) >= 11 is 0. The van der Waals surface area contributed by atoms with Crippen molar-refractivity contribution in [3.8, 4) is 0 Å². The summed E-state index contributed by atoms with van der Waals surface area (Å²) in [5, 5.41) is 14.3. The molecular weight excluding hydrogens is 242 g/mol. The van der Waals surface area contributed by atoms with E-state index in [4.69, 9.17) is 5.11 Å². The molecule has 1 aromatic heterocycles. The van der Waals surface area contributed by atoms with Gasteiger partial charge in [-0.25, -0.2) is 4.79 Å². The third-order valence-corrected chi connectivity index (χ3v) is 2.92. The number of carbonyl (C=O) groups is 1. The normalized spacial score (nSPS) is 12.3. The minimum Gasteiger partial charge on any atom is -0.396 e. The van der Waals surface area contributed by atoms with Crippen molar-refractivity contribution < 1.29 is 9.90 Å². The number of aliphatic hydroxyl groups is 1. The molecule has 2 amide bonds. The van der Waals surface area contributed by atoms with Gasteiger partial charge in [0.25, 0.3) is 0 Å². The van der Waals surface area contributed by atoms with Gasteiger partial charge in [0.1, 0.15) is 0 Å². The average Bonchev–Trinajstić information content (AvgIpc) is 2.37. The summed E-state index contributed by atoms with van der Waals surface area (Å²) in [6.45, 7) is 6.63. The van der Waals surface area contributed by atoms with Gasteiger partial charge in [-0.15, -0.1) is 0 Å². The molecule has 0 aliphatic carbocycles. The maximum absolute atomic E-state index is 11.8. The number of pyridine rings is 1. The zero-order chi connectivity index (χ0) is 14.3. The van der Waals surface area contributed by atoms with E-state index in [1.807, 2.05) is 32.9 Å². The zero-order valence-electron chi connectivity index (χ0n) is 11.8. The summed E-state index contributed by atoms with van der Waals surface area (Å²) in [4.78, 5) is 16.2. The second-order valence-electron chi connectivity index (χ2n) is 4.90. The van der Waals surface area contributed by atoms with Crippen LogP contribution in [0.5, 0.6) is 0 Å². The first-order valence-electron chi connectivity index (χ1n) is 6.63. The predicted octanol–water partition coefficient (Wildman–Crippen LogP) is 1.77. The van der Waals surface area contributed by atoms with Crippen LogP contribution in [0.1, 0.15) is 37.6 Å². The molecule has 0 aliphatic heterocycles. The van der Waals surface area contributed by atoms with E-state index in [2.05, 4.69) is 15.6 Å². The fraction of sp³-hybridized carbons (Fsp3) is 0.571. The molecule has 1 aromatic rings. The SMILES string of the molecule is Cc1cccnc1C(NC(=O)NCCCO)C(C)C. The maximum atomic E-state index is 11.8. The van der Waals surface area contributed by atoms with Gasteiger partial charge in [-0.2, -0.15) is 0 Å². The second kappa shape index (κ2) is 7.74. The minimum atomic E-state index is -0.225.